The van der Waals surface area contributed by atoms with Crippen LogP contribution in [0, 0.1) is 6.92 Å². The number of piperazine rings is 1. The van der Waals surface area contributed by atoms with Gasteiger partial charge in [0.1, 0.15) is 5.75 Å². The number of hydrogen-bond acceptors (Lipinski definition) is 4. The minimum absolute atomic E-state index is 0.0102. The Balaban J connectivity index is 1.55. The smallest absolute Gasteiger partial charge is 0.317 e. The normalized spacial score (nSPS) is 15.5. The summed E-state index contributed by atoms with van der Waals surface area (Å²) in [5.74, 6) is 0.863. The van der Waals surface area contributed by atoms with E-state index in [4.69, 9.17) is 9.84 Å². The molecule has 0 saturated carbocycles. The molecule has 1 aliphatic heterocycles. The van der Waals surface area contributed by atoms with Crippen LogP contribution in [0.3, 0.4) is 0 Å². The summed E-state index contributed by atoms with van der Waals surface area (Å²) in [6.45, 7) is 7.18. The number of aryl methyl sites for hydroxylation is 1. The van der Waals surface area contributed by atoms with E-state index in [9.17, 15) is 4.79 Å². The van der Waals surface area contributed by atoms with Crippen molar-refractivity contribution in [1.29, 1.82) is 0 Å². The number of benzene rings is 1. The van der Waals surface area contributed by atoms with E-state index < -0.39 is 0 Å². The Morgan fingerprint density at radius 1 is 1.22 bits per heavy atom. The number of β-amino-alcohol motifs (C(OH)–C–C–N with tert-alkyl or cyclic N) is 1. The second-order valence-corrected chi connectivity index (χ2v) is 5.80. The molecule has 2 amide bonds. The molecule has 1 saturated heterocycles. The monoisotopic (exact) mass is 321 g/mol. The van der Waals surface area contributed by atoms with E-state index in [1.807, 2.05) is 36.1 Å². The number of amides is 2. The first-order chi connectivity index (χ1) is 11.2. The van der Waals surface area contributed by atoms with E-state index in [0.29, 0.717) is 32.8 Å². The summed E-state index contributed by atoms with van der Waals surface area (Å²) in [6.07, 6.45) is 0.782. The first kappa shape index (κ1) is 17.6. The van der Waals surface area contributed by atoms with Crippen molar-refractivity contribution in [3.05, 3.63) is 29.8 Å². The highest BCUT2D eigenvalue weighted by atomic mass is 16.5. The van der Waals surface area contributed by atoms with E-state index in [1.54, 1.807) is 0 Å². The third-order valence-corrected chi connectivity index (χ3v) is 3.96. The van der Waals surface area contributed by atoms with E-state index in [2.05, 4.69) is 10.2 Å². The van der Waals surface area contributed by atoms with Crippen molar-refractivity contribution in [2.24, 2.45) is 0 Å². The number of carbonyl (C=O) groups is 1. The third-order valence-electron chi connectivity index (χ3n) is 3.96. The minimum atomic E-state index is -0.0102. The number of ether oxygens (including phenoxy) is 1. The highest BCUT2D eigenvalue weighted by Crippen LogP contribution is 2.11. The maximum Gasteiger partial charge on any atom is 0.317 e. The number of aliphatic hydroxyl groups excluding tert-OH is 1. The fourth-order valence-corrected chi connectivity index (χ4v) is 2.52. The number of urea groups is 1. The van der Waals surface area contributed by atoms with Crippen molar-refractivity contribution in [2.45, 2.75) is 13.3 Å². The number of nitrogens with one attached hydrogen (secondary N) is 1. The first-order valence-corrected chi connectivity index (χ1v) is 8.24. The van der Waals surface area contributed by atoms with Gasteiger partial charge in [-0.05, 0) is 25.5 Å². The SMILES string of the molecule is Cc1ccc(OCCCNC(=O)N2CCN(CCO)CC2)cc1. The molecule has 2 N–H and O–H groups in total. The first-order valence-electron chi connectivity index (χ1n) is 8.24. The lowest BCUT2D eigenvalue weighted by atomic mass is 10.2. The lowest BCUT2D eigenvalue weighted by Crippen LogP contribution is -2.52. The van der Waals surface area contributed by atoms with E-state index in [1.165, 1.54) is 5.56 Å². The van der Waals surface area contributed by atoms with Crippen LogP contribution < -0.4 is 10.1 Å². The van der Waals surface area contributed by atoms with Gasteiger partial charge in [-0.1, -0.05) is 17.7 Å². The van der Waals surface area contributed by atoms with E-state index in [0.717, 1.165) is 25.3 Å². The van der Waals surface area contributed by atoms with Crippen LogP contribution in [0.15, 0.2) is 24.3 Å². The summed E-state index contributed by atoms with van der Waals surface area (Å²) in [5.41, 5.74) is 1.21. The molecule has 128 valence electrons. The molecular formula is C17H27N3O3. The molecule has 0 radical (unpaired) electrons. The largest absolute Gasteiger partial charge is 0.494 e. The second-order valence-electron chi connectivity index (χ2n) is 5.80. The van der Waals surface area contributed by atoms with Crippen LogP contribution in [-0.4, -0.2) is 73.4 Å². The Bertz CT molecular complexity index is 470. The number of hydrogen-bond donors (Lipinski definition) is 2. The van der Waals surface area contributed by atoms with Gasteiger partial charge < -0.3 is 20.1 Å². The standard InChI is InChI=1S/C17H27N3O3/c1-15-3-5-16(6-4-15)23-14-2-7-18-17(22)20-10-8-19(9-11-20)12-13-21/h3-6,21H,2,7-14H2,1H3,(H,18,22). The Morgan fingerprint density at radius 3 is 2.57 bits per heavy atom. The van der Waals surface area contributed by atoms with Gasteiger partial charge in [0.25, 0.3) is 0 Å². The Kier molecular flexibility index (Phi) is 7.16. The number of nitrogens with zero attached hydrogens (tertiary/aromatic N) is 2. The molecule has 6 nitrogen and oxygen atoms in total. The molecule has 6 heteroatoms. The molecule has 0 bridgehead atoms. The van der Waals surface area contributed by atoms with Crippen molar-refractivity contribution in [3.8, 4) is 5.75 Å². The Labute approximate surface area is 138 Å². The van der Waals surface area contributed by atoms with Gasteiger partial charge in [-0.3, -0.25) is 4.90 Å². The van der Waals surface area contributed by atoms with Crippen LogP contribution >= 0.6 is 0 Å². The molecule has 0 aliphatic carbocycles. The molecule has 2 rings (SSSR count). The summed E-state index contributed by atoms with van der Waals surface area (Å²) in [5, 5.41) is 11.8. The summed E-state index contributed by atoms with van der Waals surface area (Å²) < 4.78 is 5.63. The van der Waals surface area contributed by atoms with Crippen molar-refractivity contribution in [1.82, 2.24) is 15.1 Å². The summed E-state index contributed by atoms with van der Waals surface area (Å²) in [4.78, 5) is 16.0. The van der Waals surface area contributed by atoms with Gasteiger partial charge in [0.2, 0.25) is 0 Å². The maximum absolute atomic E-state index is 12.0. The van der Waals surface area contributed by atoms with Crippen LogP contribution in [0.25, 0.3) is 0 Å². The lowest BCUT2D eigenvalue weighted by Gasteiger charge is -2.34. The predicted octanol–water partition coefficient (Wildman–Crippen LogP) is 1.08. The maximum atomic E-state index is 12.0. The molecule has 0 spiro atoms. The molecule has 1 heterocycles. The van der Waals surface area contributed by atoms with Gasteiger partial charge in [-0.15, -0.1) is 0 Å². The second kappa shape index (κ2) is 9.37. The van der Waals surface area contributed by atoms with Gasteiger partial charge in [-0.25, -0.2) is 4.79 Å². The number of carbonyl (C=O) groups excluding carboxylic acids is 1. The molecular weight excluding hydrogens is 294 g/mol. The molecule has 0 unspecified atom stereocenters. The zero-order valence-electron chi connectivity index (χ0n) is 13.8. The molecule has 1 aromatic rings. The van der Waals surface area contributed by atoms with Crippen molar-refractivity contribution < 1.29 is 14.6 Å². The van der Waals surface area contributed by atoms with Crippen molar-refractivity contribution in [2.75, 3.05) is 52.5 Å². The van der Waals surface area contributed by atoms with Gasteiger partial charge in [0.15, 0.2) is 0 Å². The molecule has 1 aliphatic rings. The summed E-state index contributed by atoms with van der Waals surface area (Å²) in [7, 11) is 0. The molecule has 0 aromatic heterocycles. The summed E-state index contributed by atoms with van der Waals surface area (Å²) in [6, 6.07) is 7.95. The van der Waals surface area contributed by atoms with Crippen LogP contribution in [0.5, 0.6) is 5.75 Å². The van der Waals surface area contributed by atoms with Gasteiger partial charge >= 0.3 is 6.03 Å². The fraction of sp³-hybridized carbons (Fsp3) is 0.588. The lowest BCUT2D eigenvalue weighted by molar-refractivity contribution is 0.122. The fourth-order valence-electron chi connectivity index (χ4n) is 2.52. The van der Waals surface area contributed by atoms with Crippen molar-refractivity contribution in [3.63, 3.8) is 0 Å². The minimum Gasteiger partial charge on any atom is -0.494 e. The molecule has 23 heavy (non-hydrogen) atoms. The van der Waals surface area contributed by atoms with Gasteiger partial charge in [0.05, 0.1) is 13.2 Å². The van der Waals surface area contributed by atoms with Crippen LogP contribution in [0.1, 0.15) is 12.0 Å². The molecule has 0 atom stereocenters. The zero-order valence-corrected chi connectivity index (χ0v) is 13.8. The molecule has 1 aromatic carbocycles. The van der Waals surface area contributed by atoms with E-state index in [-0.39, 0.29) is 12.6 Å². The number of rotatable bonds is 7. The highest BCUT2D eigenvalue weighted by molar-refractivity contribution is 5.74. The highest BCUT2D eigenvalue weighted by Gasteiger charge is 2.19. The molecule has 1 fully saturated rings. The topological polar surface area (TPSA) is 65.0 Å². The van der Waals surface area contributed by atoms with Crippen LogP contribution in [-0.2, 0) is 0 Å². The third kappa shape index (κ3) is 6.08. The zero-order chi connectivity index (χ0) is 16.5. The van der Waals surface area contributed by atoms with E-state index >= 15 is 0 Å². The van der Waals surface area contributed by atoms with Crippen LogP contribution in [0.4, 0.5) is 4.79 Å². The average molecular weight is 321 g/mol. The quantitative estimate of drug-likeness (QED) is 0.738. The Hall–Kier alpha value is -1.79. The van der Waals surface area contributed by atoms with Crippen molar-refractivity contribution >= 4 is 6.03 Å². The Morgan fingerprint density at radius 2 is 1.91 bits per heavy atom. The van der Waals surface area contributed by atoms with Gasteiger partial charge in [0, 0.05) is 39.3 Å². The predicted molar refractivity (Wildman–Crippen MR) is 89.8 cm³/mol. The number of aliphatic hydroxyl groups is 1. The van der Waals surface area contributed by atoms with Gasteiger partial charge in [-0.2, -0.15) is 0 Å². The average Bonchev–Trinajstić information content (AvgIpc) is 2.57. The summed E-state index contributed by atoms with van der Waals surface area (Å²) >= 11 is 0. The van der Waals surface area contributed by atoms with Crippen LogP contribution in [0.2, 0.25) is 0 Å².